The van der Waals surface area contributed by atoms with Crippen LogP contribution in [-0.2, 0) is 4.74 Å². The zero-order valence-corrected chi connectivity index (χ0v) is 11.1. The van der Waals surface area contributed by atoms with Gasteiger partial charge in [-0.1, -0.05) is 5.16 Å². The second-order valence-electron chi connectivity index (χ2n) is 4.04. The molecule has 1 aromatic rings. The standard InChI is InChI=1S/C12H19N3O4/c1-9-3-4-10(19-9)12(16)15(7-8-18-2)6-5-11(13)14-17/h3-4,17H,5-8H2,1-2H3,(H2,13,14). The number of carbonyl (C=O) groups is 1. The molecule has 0 aliphatic heterocycles. The predicted octanol–water partition coefficient (Wildman–Crippen LogP) is 0.813. The fourth-order valence-electron chi connectivity index (χ4n) is 1.52. The van der Waals surface area contributed by atoms with Crippen LogP contribution in [0.3, 0.4) is 0 Å². The molecule has 0 aliphatic rings. The van der Waals surface area contributed by atoms with Crippen molar-refractivity contribution in [1.29, 1.82) is 0 Å². The minimum atomic E-state index is -0.240. The summed E-state index contributed by atoms with van der Waals surface area (Å²) in [5, 5.41) is 11.4. The van der Waals surface area contributed by atoms with Crippen LogP contribution in [0.1, 0.15) is 22.7 Å². The number of amidine groups is 1. The molecule has 1 aromatic heterocycles. The molecule has 3 N–H and O–H groups in total. The number of carbonyl (C=O) groups excluding carboxylic acids is 1. The van der Waals surface area contributed by atoms with Crippen molar-refractivity contribution in [2.75, 3.05) is 26.8 Å². The minimum Gasteiger partial charge on any atom is -0.456 e. The Kier molecular flexibility index (Phi) is 5.87. The van der Waals surface area contributed by atoms with Gasteiger partial charge >= 0.3 is 0 Å². The number of rotatable bonds is 7. The second-order valence-corrected chi connectivity index (χ2v) is 4.04. The highest BCUT2D eigenvalue weighted by molar-refractivity contribution is 5.92. The van der Waals surface area contributed by atoms with Crippen LogP contribution in [0.5, 0.6) is 0 Å². The van der Waals surface area contributed by atoms with Gasteiger partial charge in [-0.25, -0.2) is 0 Å². The van der Waals surface area contributed by atoms with Crippen LogP contribution in [0, 0.1) is 6.92 Å². The van der Waals surface area contributed by atoms with Crippen LogP contribution in [0.2, 0.25) is 0 Å². The highest BCUT2D eigenvalue weighted by Gasteiger charge is 2.18. The Balaban J connectivity index is 2.69. The van der Waals surface area contributed by atoms with Gasteiger partial charge < -0.3 is 25.0 Å². The van der Waals surface area contributed by atoms with Crippen LogP contribution in [-0.4, -0.2) is 48.7 Å². The summed E-state index contributed by atoms with van der Waals surface area (Å²) in [6.07, 6.45) is 0.283. The molecule has 0 unspecified atom stereocenters. The molecule has 0 atom stereocenters. The Labute approximate surface area is 111 Å². The number of hydrogen-bond acceptors (Lipinski definition) is 5. The number of oxime groups is 1. The monoisotopic (exact) mass is 269 g/mol. The van der Waals surface area contributed by atoms with E-state index in [0.717, 1.165) is 0 Å². The van der Waals surface area contributed by atoms with Gasteiger partial charge in [-0.15, -0.1) is 0 Å². The van der Waals surface area contributed by atoms with Crippen molar-refractivity contribution in [1.82, 2.24) is 4.90 Å². The molecule has 1 rings (SSSR count). The van der Waals surface area contributed by atoms with E-state index in [2.05, 4.69) is 5.16 Å². The lowest BCUT2D eigenvalue weighted by Gasteiger charge is -2.20. The third-order valence-corrected chi connectivity index (χ3v) is 2.57. The van der Waals surface area contributed by atoms with Gasteiger partial charge in [0.2, 0.25) is 0 Å². The third kappa shape index (κ3) is 4.63. The number of hydrogen-bond donors (Lipinski definition) is 2. The Morgan fingerprint density at radius 1 is 1.53 bits per heavy atom. The average molecular weight is 269 g/mol. The number of amides is 1. The maximum absolute atomic E-state index is 12.2. The first-order chi connectivity index (χ1) is 9.08. The fraction of sp³-hybridized carbons (Fsp3) is 0.500. The number of aryl methyl sites for hydroxylation is 1. The van der Waals surface area contributed by atoms with Crippen LogP contribution >= 0.6 is 0 Å². The molecule has 0 spiro atoms. The van der Waals surface area contributed by atoms with Gasteiger partial charge in [0, 0.05) is 26.6 Å². The summed E-state index contributed by atoms with van der Waals surface area (Å²) in [7, 11) is 1.56. The topological polar surface area (TPSA) is 101 Å². The van der Waals surface area contributed by atoms with Crippen LogP contribution in [0.25, 0.3) is 0 Å². The summed E-state index contributed by atoms with van der Waals surface area (Å²) in [6.45, 7) is 2.92. The average Bonchev–Trinajstić information content (AvgIpc) is 2.84. The summed E-state index contributed by atoms with van der Waals surface area (Å²) in [6, 6.07) is 3.35. The Morgan fingerprint density at radius 2 is 2.26 bits per heavy atom. The molecule has 19 heavy (non-hydrogen) atoms. The first-order valence-corrected chi connectivity index (χ1v) is 5.89. The molecule has 0 bridgehead atoms. The third-order valence-electron chi connectivity index (χ3n) is 2.57. The SMILES string of the molecule is COCCN(CCC(N)=NO)C(=O)c1ccc(C)o1. The number of methoxy groups -OCH3 is 1. The molecule has 0 aliphatic carbocycles. The van der Waals surface area contributed by atoms with Crippen molar-refractivity contribution in [2.24, 2.45) is 10.9 Å². The fourth-order valence-corrected chi connectivity index (χ4v) is 1.52. The number of nitrogens with two attached hydrogens (primary N) is 1. The van der Waals surface area contributed by atoms with Gasteiger partial charge in [0.25, 0.3) is 5.91 Å². The van der Waals surface area contributed by atoms with Gasteiger partial charge in [-0.3, -0.25) is 4.79 Å². The van der Waals surface area contributed by atoms with Crippen molar-refractivity contribution in [3.63, 3.8) is 0 Å². The first-order valence-electron chi connectivity index (χ1n) is 5.89. The lowest BCUT2D eigenvalue weighted by atomic mass is 10.3. The van der Waals surface area contributed by atoms with E-state index in [1.807, 2.05) is 0 Å². The van der Waals surface area contributed by atoms with E-state index in [1.54, 1.807) is 31.1 Å². The Morgan fingerprint density at radius 3 is 2.79 bits per heavy atom. The van der Waals surface area contributed by atoms with Crippen molar-refractivity contribution < 1.29 is 19.2 Å². The lowest BCUT2D eigenvalue weighted by molar-refractivity contribution is 0.0668. The number of ether oxygens (including phenoxy) is 1. The van der Waals surface area contributed by atoms with E-state index in [-0.39, 0.29) is 23.9 Å². The first kappa shape index (κ1) is 15.0. The molecule has 106 valence electrons. The van der Waals surface area contributed by atoms with Gasteiger partial charge in [0.05, 0.1) is 6.61 Å². The molecule has 0 aromatic carbocycles. The van der Waals surface area contributed by atoms with Crippen LogP contribution in [0.4, 0.5) is 0 Å². The van der Waals surface area contributed by atoms with E-state index in [0.29, 0.717) is 25.5 Å². The zero-order valence-electron chi connectivity index (χ0n) is 11.1. The molecule has 0 saturated heterocycles. The molecule has 0 radical (unpaired) electrons. The van der Waals surface area contributed by atoms with Crippen molar-refractivity contribution in [3.05, 3.63) is 23.7 Å². The highest BCUT2D eigenvalue weighted by atomic mass is 16.5. The Hall–Kier alpha value is -2.02. The van der Waals surface area contributed by atoms with E-state index in [9.17, 15) is 4.79 Å². The normalized spacial score (nSPS) is 11.6. The molecular formula is C12H19N3O4. The molecule has 7 heteroatoms. The maximum atomic E-state index is 12.2. The number of furan rings is 1. The molecular weight excluding hydrogens is 250 g/mol. The van der Waals surface area contributed by atoms with E-state index >= 15 is 0 Å². The summed E-state index contributed by atoms with van der Waals surface area (Å²) < 4.78 is 10.3. The molecule has 1 amide bonds. The smallest absolute Gasteiger partial charge is 0.289 e. The minimum absolute atomic E-state index is 0.0749. The van der Waals surface area contributed by atoms with Gasteiger partial charge in [0.1, 0.15) is 11.6 Å². The summed E-state index contributed by atoms with van der Waals surface area (Å²) in [4.78, 5) is 13.7. The summed E-state index contributed by atoms with van der Waals surface area (Å²) >= 11 is 0. The predicted molar refractivity (Wildman–Crippen MR) is 69.3 cm³/mol. The van der Waals surface area contributed by atoms with Gasteiger partial charge in [-0.05, 0) is 19.1 Å². The molecule has 0 fully saturated rings. The van der Waals surface area contributed by atoms with E-state index in [1.165, 1.54) is 0 Å². The largest absolute Gasteiger partial charge is 0.456 e. The van der Waals surface area contributed by atoms with Gasteiger partial charge in [-0.2, -0.15) is 0 Å². The van der Waals surface area contributed by atoms with Crippen LogP contribution < -0.4 is 5.73 Å². The summed E-state index contributed by atoms with van der Waals surface area (Å²) in [5.41, 5.74) is 5.40. The van der Waals surface area contributed by atoms with Crippen molar-refractivity contribution in [3.8, 4) is 0 Å². The van der Waals surface area contributed by atoms with E-state index in [4.69, 9.17) is 20.1 Å². The molecule has 1 heterocycles. The summed E-state index contributed by atoms with van der Waals surface area (Å²) in [5.74, 6) is 0.779. The van der Waals surface area contributed by atoms with Crippen LogP contribution in [0.15, 0.2) is 21.7 Å². The van der Waals surface area contributed by atoms with Crippen molar-refractivity contribution >= 4 is 11.7 Å². The quantitative estimate of drug-likeness (QED) is 0.330. The molecule has 0 saturated carbocycles. The van der Waals surface area contributed by atoms with Crippen molar-refractivity contribution in [2.45, 2.75) is 13.3 Å². The molecule has 7 nitrogen and oxygen atoms in total. The Bertz CT molecular complexity index is 442. The second kappa shape index (κ2) is 7.42. The maximum Gasteiger partial charge on any atom is 0.289 e. The zero-order chi connectivity index (χ0) is 14.3. The van der Waals surface area contributed by atoms with Gasteiger partial charge in [0.15, 0.2) is 5.76 Å². The highest BCUT2D eigenvalue weighted by Crippen LogP contribution is 2.10. The lowest BCUT2D eigenvalue weighted by Crippen LogP contribution is -2.36. The van der Waals surface area contributed by atoms with E-state index < -0.39 is 0 Å². The number of nitrogens with zero attached hydrogens (tertiary/aromatic N) is 2.